The van der Waals surface area contributed by atoms with Crippen LogP contribution >= 0.6 is 0 Å². The van der Waals surface area contributed by atoms with Crippen LogP contribution in [0.3, 0.4) is 0 Å². The van der Waals surface area contributed by atoms with Gasteiger partial charge in [-0.1, -0.05) is 13.8 Å². The van der Waals surface area contributed by atoms with Gasteiger partial charge in [-0.25, -0.2) is 8.42 Å². The van der Waals surface area contributed by atoms with E-state index >= 15 is 0 Å². The maximum absolute atomic E-state index is 10.9. The third kappa shape index (κ3) is 4.09. The molecule has 0 atom stereocenters. The van der Waals surface area contributed by atoms with Crippen molar-refractivity contribution in [2.24, 2.45) is 5.92 Å². The fourth-order valence-electron chi connectivity index (χ4n) is 1.91. The summed E-state index contributed by atoms with van der Waals surface area (Å²) in [5.41, 5.74) is 0. The van der Waals surface area contributed by atoms with E-state index in [0.29, 0.717) is 23.8 Å². The first-order valence-electron chi connectivity index (χ1n) is 4.80. The third-order valence-corrected chi connectivity index (χ3v) is 3.42. The van der Waals surface area contributed by atoms with Gasteiger partial charge in [0.25, 0.3) is 0 Å². The standard InChI is InChI=1S/C9H19NO2S/c1-7(2)10-9-4-8(5-9)6-13(3,11)12/h7-10H,4-6H2,1-3H3. The molecule has 1 fully saturated rings. The van der Waals surface area contributed by atoms with Crippen LogP contribution in [0.25, 0.3) is 0 Å². The zero-order valence-electron chi connectivity index (χ0n) is 8.58. The third-order valence-electron chi connectivity index (χ3n) is 2.34. The number of hydrogen-bond acceptors (Lipinski definition) is 3. The van der Waals surface area contributed by atoms with Gasteiger partial charge in [0, 0.05) is 18.3 Å². The van der Waals surface area contributed by atoms with E-state index in [1.165, 1.54) is 6.26 Å². The second-order valence-corrected chi connectivity index (χ2v) is 6.63. The molecule has 13 heavy (non-hydrogen) atoms. The molecular weight excluding hydrogens is 186 g/mol. The molecule has 0 spiro atoms. The number of hydrogen-bond donors (Lipinski definition) is 1. The average Bonchev–Trinajstić information content (AvgIpc) is 1.78. The number of rotatable bonds is 4. The first kappa shape index (κ1) is 11.0. The zero-order valence-corrected chi connectivity index (χ0v) is 9.39. The summed E-state index contributed by atoms with van der Waals surface area (Å²) >= 11 is 0. The molecule has 1 rings (SSSR count). The Labute approximate surface area is 80.8 Å². The van der Waals surface area contributed by atoms with E-state index < -0.39 is 9.84 Å². The second-order valence-electron chi connectivity index (χ2n) is 4.45. The van der Waals surface area contributed by atoms with Crippen LogP contribution in [0.2, 0.25) is 0 Å². The monoisotopic (exact) mass is 205 g/mol. The summed E-state index contributed by atoms with van der Waals surface area (Å²) in [7, 11) is -2.76. The molecule has 1 aliphatic rings. The fourth-order valence-corrected chi connectivity index (χ4v) is 3.04. The van der Waals surface area contributed by atoms with Crippen LogP contribution < -0.4 is 5.32 Å². The van der Waals surface area contributed by atoms with Crippen LogP contribution in [0.5, 0.6) is 0 Å². The molecule has 0 aromatic carbocycles. The van der Waals surface area contributed by atoms with Crippen LogP contribution in [-0.2, 0) is 9.84 Å². The maximum atomic E-state index is 10.9. The van der Waals surface area contributed by atoms with Crippen LogP contribution in [0.4, 0.5) is 0 Å². The Morgan fingerprint density at radius 1 is 1.38 bits per heavy atom. The van der Waals surface area contributed by atoms with E-state index in [1.54, 1.807) is 0 Å². The van der Waals surface area contributed by atoms with Gasteiger partial charge in [-0.15, -0.1) is 0 Å². The minimum Gasteiger partial charge on any atom is -0.312 e. The lowest BCUT2D eigenvalue weighted by molar-refractivity contribution is 0.231. The predicted octanol–water partition coefficient (Wildman–Crippen LogP) is 0.808. The van der Waals surface area contributed by atoms with Crippen LogP contribution in [0.1, 0.15) is 26.7 Å². The Balaban J connectivity index is 2.19. The molecule has 0 aliphatic heterocycles. The Morgan fingerprint density at radius 3 is 2.31 bits per heavy atom. The summed E-state index contributed by atoms with van der Waals surface area (Å²) in [5, 5.41) is 3.40. The Hall–Kier alpha value is -0.0900. The molecule has 0 radical (unpaired) electrons. The van der Waals surface area contributed by atoms with E-state index in [9.17, 15) is 8.42 Å². The molecule has 78 valence electrons. The predicted molar refractivity (Wildman–Crippen MR) is 54.5 cm³/mol. The number of nitrogens with one attached hydrogen (secondary N) is 1. The molecule has 4 heteroatoms. The zero-order chi connectivity index (χ0) is 10.1. The lowest BCUT2D eigenvalue weighted by Gasteiger charge is -2.36. The topological polar surface area (TPSA) is 46.2 Å². The molecule has 0 saturated heterocycles. The van der Waals surface area contributed by atoms with Crippen molar-refractivity contribution in [1.29, 1.82) is 0 Å². The Kier molecular flexibility index (Phi) is 3.35. The smallest absolute Gasteiger partial charge is 0.147 e. The minimum absolute atomic E-state index is 0.364. The van der Waals surface area contributed by atoms with E-state index in [4.69, 9.17) is 0 Å². The van der Waals surface area contributed by atoms with Gasteiger partial charge in [-0.2, -0.15) is 0 Å². The molecule has 3 nitrogen and oxygen atoms in total. The highest BCUT2D eigenvalue weighted by Gasteiger charge is 2.31. The number of sulfone groups is 1. The summed E-state index contributed by atoms with van der Waals surface area (Å²) in [6, 6.07) is 1.05. The van der Waals surface area contributed by atoms with E-state index in [2.05, 4.69) is 19.2 Å². The van der Waals surface area contributed by atoms with Crippen molar-refractivity contribution in [1.82, 2.24) is 5.32 Å². The van der Waals surface area contributed by atoms with Crippen molar-refractivity contribution in [2.45, 2.75) is 38.8 Å². The highest BCUT2D eigenvalue weighted by atomic mass is 32.2. The molecular formula is C9H19NO2S. The van der Waals surface area contributed by atoms with Crippen LogP contribution in [-0.4, -0.2) is 32.5 Å². The molecule has 1 saturated carbocycles. The van der Waals surface area contributed by atoms with Gasteiger partial charge in [0.05, 0.1) is 5.75 Å². The molecule has 0 amide bonds. The summed E-state index contributed by atoms with van der Waals surface area (Å²) < 4.78 is 21.9. The molecule has 0 aromatic rings. The highest BCUT2D eigenvalue weighted by Crippen LogP contribution is 2.28. The molecule has 1 aliphatic carbocycles. The van der Waals surface area contributed by atoms with Crippen molar-refractivity contribution in [3.05, 3.63) is 0 Å². The first-order chi connectivity index (χ1) is 5.87. The largest absolute Gasteiger partial charge is 0.312 e. The summed E-state index contributed by atoms with van der Waals surface area (Å²) in [6.45, 7) is 4.23. The van der Waals surface area contributed by atoms with E-state index in [-0.39, 0.29) is 0 Å². The highest BCUT2D eigenvalue weighted by molar-refractivity contribution is 7.90. The van der Waals surface area contributed by atoms with Gasteiger partial charge in [0.2, 0.25) is 0 Å². The van der Waals surface area contributed by atoms with Crippen molar-refractivity contribution in [2.75, 3.05) is 12.0 Å². The second kappa shape index (κ2) is 3.96. The normalized spacial score (nSPS) is 28.9. The van der Waals surface area contributed by atoms with Gasteiger partial charge in [-0.3, -0.25) is 0 Å². The van der Waals surface area contributed by atoms with Gasteiger partial charge < -0.3 is 5.32 Å². The van der Waals surface area contributed by atoms with E-state index in [0.717, 1.165) is 12.8 Å². The van der Waals surface area contributed by atoms with Crippen molar-refractivity contribution in [3.8, 4) is 0 Å². The molecule has 0 bridgehead atoms. The lowest BCUT2D eigenvalue weighted by atomic mass is 9.81. The van der Waals surface area contributed by atoms with Crippen molar-refractivity contribution in [3.63, 3.8) is 0 Å². The lowest BCUT2D eigenvalue weighted by Crippen LogP contribution is -2.46. The Morgan fingerprint density at radius 2 is 1.92 bits per heavy atom. The van der Waals surface area contributed by atoms with Crippen LogP contribution in [0.15, 0.2) is 0 Å². The molecule has 0 unspecified atom stereocenters. The van der Waals surface area contributed by atoms with Gasteiger partial charge in [-0.05, 0) is 18.8 Å². The molecule has 0 aromatic heterocycles. The quantitative estimate of drug-likeness (QED) is 0.738. The molecule has 0 heterocycles. The SMILES string of the molecule is CC(C)NC1CC(CS(C)(=O)=O)C1. The maximum Gasteiger partial charge on any atom is 0.147 e. The van der Waals surface area contributed by atoms with Gasteiger partial charge >= 0.3 is 0 Å². The van der Waals surface area contributed by atoms with Crippen molar-refractivity contribution >= 4 is 9.84 Å². The van der Waals surface area contributed by atoms with Crippen LogP contribution in [0, 0.1) is 5.92 Å². The Bertz CT molecular complexity index is 253. The van der Waals surface area contributed by atoms with Gasteiger partial charge in [0.1, 0.15) is 9.84 Å². The average molecular weight is 205 g/mol. The summed E-state index contributed by atoms with van der Waals surface area (Å²) in [4.78, 5) is 0. The fraction of sp³-hybridized carbons (Fsp3) is 1.00. The first-order valence-corrected chi connectivity index (χ1v) is 6.86. The summed E-state index contributed by atoms with van der Waals surface area (Å²) in [6.07, 6.45) is 3.35. The summed E-state index contributed by atoms with van der Waals surface area (Å²) in [5.74, 6) is 0.759. The van der Waals surface area contributed by atoms with E-state index in [1.807, 2.05) is 0 Å². The van der Waals surface area contributed by atoms with Crippen molar-refractivity contribution < 1.29 is 8.42 Å². The minimum atomic E-state index is -2.76. The molecule has 1 N–H and O–H groups in total. The van der Waals surface area contributed by atoms with Gasteiger partial charge in [0.15, 0.2) is 0 Å².